The number of H-pyrrole nitrogens is 2. The zero-order valence-corrected chi connectivity index (χ0v) is 17.3. The van der Waals surface area contributed by atoms with E-state index < -0.39 is 0 Å². The Kier molecular flexibility index (Phi) is 4.97. The second-order valence-corrected chi connectivity index (χ2v) is 7.34. The molecule has 1 aliphatic rings. The van der Waals surface area contributed by atoms with E-state index in [0.29, 0.717) is 25.3 Å². The lowest BCUT2D eigenvalue weighted by molar-refractivity contribution is 0.0941. The van der Waals surface area contributed by atoms with Gasteiger partial charge in [0.1, 0.15) is 17.8 Å². The summed E-state index contributed by atoms with van der Waals surface area (Å²) in [7, 11) is 1.53. The van der Waals surface area contributed by atoms with Crippen LogP contribution in [0.1, 0.15) is 32.2 Å². The number of hydrogen-bond donors (Lipinski definition) is 4. The van der Waals surface area contributed by atoms with Gasteiger partial charge in [-0.05, 0) is 6.07 Å². The van der Waals surface area contributed by atoms with Gasteiger partial charge in [-0.2, -0.15) is 5.10 Å². The van der Waals surface area contributed by atoms with Crippen LogP contribution in [0.4, 0.5) is 5.82 Å². The summed E-state index contributed by atoms with van der Waals surface area (Å²) >= 11 is 0. The quantitative estimate of drug-likeness (QED) is 0.319. The first-order chi connectivity index (χ1) is 15.6. The predicted octanol–water partition coefficient (Wildman–Crippen LogP) is -0.375. The lowest BCUT2D eigenvalue weighted by Gasteiger charge is -2.28. The zero-order chi connectivity index (χ0) is 22.1. The van der Waals surface area contributed by atoms with E-state index in [9.17, 15) is 9.59 Å². The molecule has 13 heteroatoms. The van der Waals surface area contributed by atoms with Crippen molar-refractivity contribution >= 4 is 28.7 Å². The Bertz CT molecular complexity index is 1290. The number of rotatable bonds is 6. The minimum atomic E-state index is -0.311. The summed E-state index contributed by atoms with van der Waals surface area (Å²) < 4.78 is 1.50. The fraction of sp³-hybridized carbons (Fsp3) is 0.316. The Labute approximate surface area is 181 Å². The highest BCUT2D eigenvalue weighted by molar-refractivity contribution is 5.94. The summed E-state index contributed by atoms with van der Waals surface area (Å²) in [5.41, 5.74) is 3.19. The van der Waals surface area contributed by atoms with Gasteiger partial charge in [0.25, 0.3) is 11.8 Å². The average molecular weight is 435 g/mol. The molecule has 0 aromatic carbocycles. The van der Waals surface area contributed by atoms with Crippen LogP contribution in [0, 0.1) is 0 Å². The van der Waals surface area contributed by atoms with Gasteiger partial charge < -0.3 is 20.5 Å². The van der Waals surface area contributed by atoms with E-state index in [1.807, 2.05) is 12.3 Å². The minimum absolute atomic E-state index is 0.224. The first-order valence-corrected chi connectivity index (χ1v) is 10.1. The number of aromatic amines is 2. The molecular weight excluding hydrogens is 414 g/mol. The van der Waals surface area contributed by atoms with E-state index in [-0.39, 0.29) is 17.5 Å². The Morgan fingerprint density at radius 1 is 1.25 bits per heavy atom. The molecule has 164 valence electrons. The van der Waals surface area contributed by atoms with Crippen LogP contribution in [0.15, 0.2) is 24.8 Å². The van der Waals surface area contributed by atoms with Crippen molar-refractivity contribution in [2.24, 2.45) is 0 Å². The molecule has 0 radical (unpaired) electrons. The Hall–Kier alpha value is -4.29. The van der Waals surface area contributed by atoms with Crippen LogP contribution in [0.25, 0.3) is 11.0 Å². The fourth-order valence-electron chi connectivity index (χ4n) is 3.78. The third-order valence-electron chi connectivity index (χ3n) is 5.41. The van der Waals surface area contributed by atoms with Crippen molar-refractivity contribution in [1.29, 1.82) is 0 Å². The maximum Gasteiger partial charge on any atom is 0.273 e. The number of hydrogen-bond acceptors (Lipinski definition) is 8. The molecule has 2 amide bonds. The molecule has 0 bridgehead atoms. The van der Waals surface area contributed by atoms with Gasteiger partial charge in [0.15, 0.2) is 11.4 Å². The Balaban J connectivity index is 1.26. The number of carbonyl (C=O) groups is 2. The summed E-state index contributed by atoms with van der Waals surface area (Å²) in [6.45, 7) is 1.97. The number of amides is 2. The molecule has 4 N–H and O–H groups in total. The van der Waals surface area contributed by atoms with E-state index in [1.165, 1.54) is 24.3 Å². The van der Waals surface area contributed by atoms with Gasteiger partial charge in [0.2, 0.25) is 0 Å². The smallest absolute Gasteiger partial charge is 0.273 e. The highest BCUT2D eigenvalue weighted by Crippen LogP contribution is 2.28. The molecule has 13 nitrogen and oxygen atoms in total. The fourth-order valence-corrected chi connectivity index (χ4v) is 3.78. The van der Waals surface area contributed by atoms with Crippen molar-refractivity contribution in [2.45, 2.75) is 19.5 Å². The predicted molar refractivity (Wildman–Crippen MR) is 113 cm³/mol. The molecule has 0 unspecified atom stereocenters. The summed E-state index contributed by atoms with van der Waals surface area (Å²) in [6.07, 6.45) is 5.63. The molecule has 0 spiro atoms. The lowest BCUT2D eigenvalue weighted by Crippen LogP contribution is -2.33. The van der Waals surface area contributed by atoms with Crippen molar-refractivity contribution < 1.29 is 9.59 Å². The van der Waals surface area contributed by atoms with Gasteiger partial charge in [0, 0.05) is 50.6 Å². The summed E-state index contributed by atoms with van der Waals surface area (Å²) in [6, 6.07) is 1.95. The zero-order valence-electron chi connectivity index (χ0n) is 17.3. The van der Waals surface area contributed by atoms with Crippen LogP contribution in [0.2, 0.25) is 0 Å². The summed E-state index contributed by atoms with van der Waals surface area (Å²) in [5, 5.41) is 21.2. The van der Waals surface area contributed by atoms with Gasteiger partial charge >= 0.3 is 0 Å². The van der Waals surface area contributed by atoms with Crippen molar-refractivity contribution in [1.82, 2.24) is 50.8 Å². The molecule has 4 aromatic heterocycles. The number of nitrogens with zero attached hydrogens (tertiary/aromatic N) is 7. The first-order valence-electron chi connectivity index (χ1n) is 10.1. The molecule has 5 heterocycles. The van der Waals surface area contributed by atoms with E-state index in [0.717, 1.165) is 41.1 Å². The first kappa shape index (κ1) is 19.7. The van der Waals surface area contributed by atoms with Crippen LogP contribution in [-0.4, -0.2) is 72.1 Å². The number of anilines is 1. The maximum absolute atomic E-state index is 12.8. The second kappa shape index (κ2) is 8.09. The van der Waals surface area contributed by atoms with E-state index in [4.69, 9.17) is 0 Å². The largest absolute Gasteiger partial charge is 0.354 e. The Morgan fingerprint density at radius 2 is 2.16 bits per heavy atom. The molecule has 0 saturated heterocycles. The van der Waals surface area contributed by atoms with Gasteiger partial charge in [-0.15, -0.1) is 5.10 Å². The SMILES string of the molecule is CNC(=O)c1cn(CCNC(=O)c2n[nH]c3c2CN(c2ncnc4[nH]ccc24)CC3)nn1. The van der Waals surface area contributed by atoms with Crippen LogP contribution in [0.5, 0.6) is 0 Å². The highest BCUT2D eigenvalue weighted by atomic mass is 16.2. The normalized spacial score (nSPS) is 13.2. The average Bonchev–Trinajstić information content (AvgIpc) is 3.56. The van der Waals surface area contributed by atoms with E-state index in [2.05, 4.69) is 51.0 Å². The van der Waals surface area contributed by atoms with E-state index >= 15 is 0 Å². The third-order valence-corrected chi connectivity index (χ3v) is 5.41. The van der Waals surface area contributed by atoms with Crippen LogP contribution < -0.4 is 15.5 Å². The molecule has 0 fully saturated rings. The number of fused-ring (bicyclic) bond motifs is 2. The number of aromatic nitrogens is 8. The van der Waals surface area contributed by atoms with Crippen molar-refractivity contribution in [3.63, 3.8) is 0 Å². The lowest BCUT2D eigenvalue weighted by atomic mass is 10.0. The molecule has 0 atom stereocenters. The molecule has 5 rings (SSSR count). The standard InChI is InChI=1S/C19H21N11O2/c1-20-18(31)14-9-30(28-26-14)7-5-22-19(32)15-12-8-29(6-3-13(12)25-27-15)17-11-2-4-21-16(11)23-10-24-17/h2,4,9-10H,3,5-8H2,1H3,(H,20,31)(H,22,32)(H,25,27)(H,21,23,24). The summed E-state index contributed by atoms with van der Waals surface area (Å²) in [5.74, 6) is 0.242. The van der Waals surface area contributed by atoms with Crippen LogP contribution in [-0.2, 0) is 19.5 Å². The molecule has 0 saturated carbocycles. The monoisotopic (exact) mass is 435 g/mol. The van der Waals surface area contributed by atoms with Crippen molar-refractivity contribution in [2.75, 3.05) is 25.0 Å². The van der Waals surface area contributed by atoms with Gasteiger partial charge in [-0.1, -0.05) is 5.21 Å². The maximum atomic E-state index is 12.8. The summed E-state index contributed by atoms with van der Waals surface area (Å²) in [4.78, 5) is 38.3. The molecule has 1 aliphatic heterocycles. The number of nitrogens with one attached hydrogen (secondary N) is 4. The molecule has 32 heavy (non-hydrogen) atoms. The van der Waals surface area contributed by atoms with Gasteiger partial charge in [-0.25, -0.2) is 14.6 Å². The van der Waals surface area contributed by atoms with E-state index in [1.54, 1.807) is 0 Å². The van der Waals surface area contributed by atoms with Crippen molar-refractivity contribution in [3.8, 4) is 0 Å². The van der Waals surface area contributed by atoms with Gasteiger partial charge in [-0.3, -0.25) is 14.7 Å². The highest BCUT2D eigenvalue weighted by Gasteiger charge is 2.27. The number of carbonyl (C=O) groups excluding carboxylic acids is 2. The Morgan fingerprint density at radius 3 is 3.03 bits per heavy atom. The van der Waals surface area contributed by atoms with Crippen LogP contribution >= 0.6 is 0 Å². The molecular formula is C19H21N11O2. The van der Waals surface area contributed by atoms with Gasteiger partial charge in [0.05, 0.1) is 18.1 Å². The topological polar surface area (TPSA) is 162 Å². The molecule has 4 aromatic rings. The van der Waals surface area contributed by atoms with Crippen molar-refractivity contribution in [3.05, 3.63) is 47.4 Å². The minimum Gasteiger partial charge on any atom is -0.354 e. The third kappa shape index (κ3) is 3.53. The van der Waals surface area contributed by atoms with Crippen LogP contribution in [0.3, 0.4) is 0 Å². The second-order valence-electron chi connectivity index (χ2n) is 7.34. The molecule has 0 aliphatic carbocycles.